The van der Waals surface area contributed by atoms with Gasteiger partial charge in [-0.2, -0.15) is 0 Å². The molecule has 0 saturated carbocycles. The number of anilines is 2. The molecule has 0 saturated heterocycles. The van der Waals surface area contributed by atoms with Crippen LogP contribution >= 0.6 is 0 Å². The predicted molar refractivity (Wildman–Crippen MR) is 89.9 cm³/mol. The van der Waals surface area contributed by atoms with Crippen LogP contribution in [0.1, 0.15) is 18.5 Å². The van der Waals surface area contributed by atoms with Gasteiger partial charge in [0.05, 0.1) is 17.4 Å². The maximum atomic E-state index is 6.34. The topological polar surface area (TPSA) is 32.5 Å². The van der Waals surface area contributed by atoms with Crippen LogP contribution in [0.3, 0.4) is 0 Å². The summed E-state index contributed by atoms with van der Waals surface area (Å²) in [4.78, 5) is 4.77. The minimum absolute atomic E-state index is 0.0730. The molecule has 2 unspecified atom stereocenters. The van der Waals surface area contributed by atoms with Crippen LogP contribution in [-0.4, -0.2) is 26.2 Å². The Labute approximate surface area is 127 Å². The second-order valence-corrected chi connectivity index (χ2v) is 5.82. The molecule has 3 heteroatoms. The van der Waals surface area contributed by atoms with Gasteiger partial charge in [0.1, 0.15) is 0 Å². The van der Waals surface area contributed by atoms with Gasteiger partial charge in [-0.25, -0.2) is 0 Å². The van der Waals surface area contributed by atoms with Crippen molar-refractivity contribution in [1.82, 2.24) is 0 Å². The molecule has 1 aliphatic heterocycles. The first kappa shape index (κ1) is 14.0. The molecule has 3 nitrogen and oxygen atoms in total. The lowest BCUT2D eigenvalue weighted by Crippen LogP contribution is -2.46. The molecular weight excluding hydrogens is 258 g/mol. The largest absolute Gasteiger partial charge is 0.371 e. The van der Waals surface area contributed by atoms with Crippen LogP contribution in [0.4, 0.5) is 11.4 Å². The van der Waals surface area contributed by atoms with Gasteiger partial charge in [-0.05, 0) is 24.6 Å². The summed E-state index contributed by atoms with van der Waals surface area (Å²) < 4.78 is 0. The van der Waals surface area contributed by atoms with Crippen molar-refractivity contribution in [2.75, 3.05) is 29.9 Å². The van der Waals surface area contributed by atoms with E-state index in [1.807, 2.05) is 0 Å². The van der Waals surface area contributed by atoms with Gasteiger partial charge < -0.3 is 15.5 Å². The van der Waals surface area contributed by atoms with Gasteiger partial charge in [-0.1, -0.05) is 42.5 Å². The third kappa shape index (κ3) is 2.61. The van der Waals surface area contributed by atoms with E-state index in [0.717, 1.165) is 13.1 Å². The summed E-state index contributed by atoms with van der Waals surface area (Å²) in [5.41, 5.74) is 10.2. The number of benzene rings is 2. The molecule has 1 heterocycles. The van der Waals surface area contributed by atoms with E-state index < -0.39 is 0 Å². The SMILES string of the molecule is CC(N)C(c1ccccc1)N1CCN(C)c2ccccc21. The summed E-state index contributed by atoms with van der Waals surface area (Å²) in [5.74, 6) is 0. The van der Waals surface area contributed by atoms with Crippen molar-refractivity contribution in [2.24, 2.45) is 5.73 Å². The summed E-state index contributed by atoms with van der Waals surface area (Å²) in [6.45, 7) is 4.11. The Morgan fingerprint density at radius 1 is 0.905 bits per heavy atom. The van der Waals surface area contributed by atoms with Crippen LogP contribution in [0.2, 0.25) is 0 Å². The summed E-state index contributed by atoms with van der Waals surface area (Å²) in [6, 6.07) is 19.5. The lowest BCUT2D eigenvalue weighted by atomic mass is 9.97. The summed E-state index contributed by atoms with van der Waals surface area (Å²) in [6.07, 6.45) is 0. The van der Waals surface area contributed by atoms with E-state index in [-0.39, 0.29) is 12.1 Å². The Hall–Kier alpha value is -2.00. The molecule has 21 heavy (non-hydrogen) atoms. The van der Waals surface area contributed by atoms with Crippen LogP contribution in [-0.2, 0) is 0 Å². The van der Waals surface area contributed by atoms with E-state index in [4.69, 9.17) is 5.73 Å². The highest BCUT2D eigenvalue weighted by atomic mass is 15.3. The Morgan fingerprint density at radius 2 is 1.52 bits per heavy atom. The standard InChI is InChI=1S/C18H23N3/c1-14(19)18(15-8-4-3-5-9-15)21-13-12-20(2)16-10-6-7-11-17(16)21/h3-11,14,18H,12-13,19H2,1-2H3. The van der Waals surface area contributed by atoms with E-state index in [1.54, 1.807) is 0 Å². The number of hydrogen-bond acceptors (Lipinski definition) is 3. The highest BCUT2D eigenvalue weighted by Gasteiger charge is 2.29. The molecule has 2 N–H and O–H groups in total. The highest BCUT2D eigenvalue weighted by molar-refractivity contribution is 5.73. The molecule has 2 atom stereocenters. The zero-order valence-electron chi connectivity index (χ0n) is 12.7. The molecule has 1 aliphatic rings. The van der Waals surface area contributed by atoms with Gasteiger partial charge in [-0.15, -0.1) is 0 Å². The van der Waals surface area contributed by atoms with Crippen LogP contribution < -0.4 is 15.5 Å². The molecule has 0 amide bonds. The van der Waals surface area contributed by atoms with Gasteiger partial charge in [0.2, 0.25) is 0 Å². The maximum absolute atomic E-state index is 6.34. The molecule has 0 spiro atoms. The predicted octanol–water partition coefficient (Wildman–Crippen LogP) is 3.03. The minimum Gasteiger partial charge on any atom is -0.371 e. The Bertz CT molecular complexity index is 594. The second kappa shape index (κ2) is 5.78. The molecular formula is C18H23N3. The number of nitrogens with two attached hydrogens (primary N) is 1. The quantitative estimate of drug-likeness (QED) is 0.938. The van der Waals surface area contributed by atoms with E-state index in [9.17, 15) is 0 Å². The Balaban J connectivity index is 2.04. The van der Waals surface area contributed by atoms with Gasteiger partial charge in [0.25, 0.3) is 0 Å². The zero-order chi connectivity index (χ0) is 14.8. The van der Waals surface area contributed by atoms with Crippen LogP contribution in [0.25, 0.3) is 0 Å². The Morgan fingerprint density at radius 3 is 2.19 bits per heavy atom. The van der Waals surface area contributed by atoms with Crippen molar-refractivity contribution in [3.8, 4) is 0 Å². The maximum Gasteiger partial charge on any atom is 0.0692 e. The van der Waals surface area contributed by atoms with Crippen molar-refractivity contribution < 1.29 is 0 Å². The third-order valence-corrected chi connectivity index (χ3v) is 4.25. The van der Waals surface area contributed by atoms with E-state index >= 15 is 0 Å². The normalized spacial score (nSPS) is 17.3. The van der Waals surface area contributed by atoms with E-state index in [1.165, 1.54) is 16.9 Å². The lowest BCUT2D eigenvalue weighted by molar-refractivity contribution is 0.523. The molecule has 0 aromatic heterocycles. The van der Waals surface area contributed by atoms with E-state index in [0.29, 0.717) is 0 Å². The third-order valence-electron chi connectivity index (χ3n) is 4.25. The zero-order valence-corrected chi connectivity index (χ0v) is 12.7. The molecule has 0 radical (unpaired) electrons. The highest BCUT2D eigenvalue weighted by Crippen LogP contribution is 2.38. The molecule has 0 fully saturated rings. The molecule has 0 aliphatic carbocycles. The Kier molecular flexibility index (Phi) is 3.84. The smallest absolute Gasteiger partial charge is 0.0692 e. The van der Waals surface area contributed by atoms with Gasteiger partial charge >= 0.3 is 0 Å². The second-order valence-electron chi connectivity index (χ2n) is 5.82. The molecule has 2 aromatic carbocycles. The molecule has 110 valence electrons. The number of likely N-dealkylation sites (N-methyl/N-ethyl adjacent to an activating group) is 1. The van der Waals surface area contributed by atoms with Crippen molar-refractivity contribution in [2.45, 2.75) is 19.0 Å². The van der Waals surface area contributed by atoms with Crippen LogP contribution in [0, 0.1) is 0 Å². The van der Waals surface area contributed by atoms with Crippen LogP contribution in [0.5, 0.6) is 0 Å². The first-order valence-corrected chi connectivity index (χ1v) is 7.56. The number of rotatable bonds is 3. The lowest BCUT2D eigenvalue weighted by Gasteiger charge is -2.43. The molecule has 2 aromatic rings. The van der Waals surface area contributed by atoms with Gasteiger partial charge in [0, 0.05) is 26.2 Å². The van der Waals surface area contributed by atoms with Gasteiger partial charge in [0.15, 0.2) is 0 Å². The molecule has 0 bridgehead atoms. The van der Waals surface area contributed by atoms with Crippen molar-refractivity contribution in [1.29, 1.82) is 0 Å². The summed E-state index contributed by atoms with van der Waals surface area (Å²) in [7, 11) is 2.15. The molecule has 3 rings (SSSR count). The fourth-order valence-electron chi connectivity index (χ4n) is 3.23. The minimum atomic E-state index is 0.0730. The van der Waals surface area contributed by atoms with Gasteiger partial charge in [-0.3, -0.25) is 0 Å². The van der Waals surface area contributed by atoms with Crippen molar-refractivity contribution in [3.63, 3.8) is 0 Å². The monoisotopic (exact) mass is 281 g/mol. The first-order valence-electron chi connectivity index (χ1n) is 7.56. The number of hydrogen-bond donors (Lipinski definition) is 1. The number of fused-ring (bicyclic) bond motifs is 1. The number of para-hydroxylation sites is 2. The van der Waals surface area contributed by atoms with Crippen molar-refractivity contribution >= 4 is 11.4 Å². The first-order chi connectivity index (χ1) is 10.2. The van der Waals surface area contributed by atoms with Crippen molar-refractivity contribution in [3.05, 3.63) is 60.2 Å². The average molecular weight is 281 g/mol. The fraction of sp³-hybridized carbons (Fsp3) is 0.333. The van der Waals surface area contributed by atoms with E-state index in [2.05, 4.69) is 78.4 Å². The number of nitrogens with zero attached hydrogens (tertiary/aromatic N) is 2. The average Bonchev–Trinajstić information content (AvgIpc) is 2.51. The fourth-order valence-corrected chi connectivity index (χ4v) is 3.23. The van der Waals surface area contributed by atoms with Crippen LogP contribution in [0.15, 0.2) is 54.6 Å². The summed E-state index contributed by atoms with van der Waals surface area (Å²) in [5, 5.41) is 0. The summed E-state index contributed by atoms with van der Waals surface area (Å²) >= 11 is 0.